The van der Waals surface area contributed by atoms with Crippen molar-refractivity contribution in [2.75, 3.05) is 45.8 Å². The lowest BCUT2D eigenvalue weighted by molar-refractivity contribution is -0.127. The molecule has 2 saturated heterocycles. The number of guanidine groups is 1. The molecule has 0 aromatic rings. The Morgan fingerprint density at radius 1 is 1.07 bits per heavy atom. The summed E-state index contributed by atoms with van der Waals surface area (Å²) < 4.78 is 0. The highest BCUT2D eigenvalue weighted by Gasteiger charge is 2.27. The average molecular weight is 392 g/mol. The smallest absolute Gasteiger partial charge is 0.222 e. The number of hydrogen-bond donors (Lipinski definition) is 2. The fourth-order valence-corrected chi connectivity index (χ4v) is 5.00. The van der Waals surface area contributed by atoms with Crippen LogP contribution in [-0.2, 0) is 4.79 Å². The highest BCUT2D eigenvalue weighted by molar-refractivity contribution is 5.79. The summed E-state index contributed by atoms with van der Waals surface area (Å²) in [5, 5.41) is 6.84. The topological polar surface area (TPSA) is 60.0 Å². The largest absolute Gasteiger partial charge is 0.357 e. The Balaban J connectivity index is 1.40. The second-order valence-electron chi connectivity index (χ2n) is 8.78. The number of amides is 1. The lowest BCUT2D eigenvalue weighted by Gasteiger charge is -2.30. The molecular formula is C22H41N5O. The molecule has 2 N–H and O–H groups in total. The van der Waals surface area contributed by atoms with E-state index in [1.165, 1.54) is 58.0 Å². The minimum Gasteiger partial charge on any atom is -0.357 e. The monoisotopic (exact) mass is 391 g/mol. The number of nitrogens with zero attached hydrogens (tertiary/aromatic N) is 3. The molecule has 6 nitrogen and oxygen atoms in total. The molecule has 6 heteroatoms. The molecule has 0 spiro atoms. The van der Waals surface area contributed by atoms with Crippen LogP contribution in [0.25, 0.3) is 0 Å². The van der Waals surface area contributed by atoms with Crippen molar-refractivity contribution < 1.29 is 4.79 Å². The van der Waals surface area contributed by atoms with Gasteiger partial charge in [-0.3, -0.25) is 14.7 Å². The van der Waals surface area contributed by atoms with Gasteiger partial charge in [0.05, 0.1) is 6.54 Å². The van der Waals surface area contributed by atoms with Crippen molar-refractivity contribution in [3.8, 4) is 0 Å². The van der Waals surface area contributed by atoms with Gasteiger partial charge in [-0.2, -0.15) is 0 Å². The Hall–Kier alpha value is -1.30. The van der Waals surface area contributed by atoms with E-state index in [0.717, 1.165) is 63.9 Å². The number of likely N-dealkylation sites (tertiary alicyclic amines) is 2. The molecule has 0 aromatic heterocycles. The molecule has 0 aromatic carbocycles. The summed E-state index contributed by atoms with van der Waals surface area (Å²) in [5.74, 6) is 2.16. The second kappa shape index (κ2) is 11.6. The minimum atomic E-state index is 0.319. The van der Waals surface area contributed by atoms with E-state index in [0.29, 0.717) is 11.9 Å². The zero-order valence-corrected chi connectivity index (χ0v) is 17.9. The van der Waals surface area contributed by atoms with Crippen LogP contribution in [0.5, 0.6) is 0 Å². The van der Waals surface area contributed by atoms with Gasteiger partial charge in [0.2, 0.25) is 5.91 Å². The van der Waals surface area contributed by atoms with E-state index in [1.54, 1.807) is 0 Å². The summed E-state index contributed by atoms with van der Waals surface area (Å²) in [6.07, 6.45) is 12.5. The van der Waals surface area contributed by atoms with E-state index in [1.807, 2.05) is 4.90 Å². The van der Waals surface area contributed by atoms with E-state index in [9.17, 15) is 4.79 Å². The Morgan fingerprint density at radius 3 is 2.68 bits per heavy atom. The molecule has 1 atom stereocenters. The van der Waals surface area contributed by atoms with Crippen LogP contribution in [0.2, 0.25) is 0 Å². The van der Waals surface area contributed by atoms with Gasteiger partial charge >= 0.3 is 0 Å². The normalized spacial score (nSPS) is 24.9. The predicted molar refractivity (Wildman–Crippen MR) is 116 cm³/mol. The molecule has 1 aliphatic carbocycles. The second-order valence-corrected chi connectivity index (χ2v) is 8.78. The van der Waals surface area contributed by atoms with Crippen LogP contribution in [0, 0.1) is 5.92 Å². The molecule has 1 saturated carbocycles. The van der Waals surface area contributed by atoms with Crippen molar-refractivity contribution in [3.63, 3.8) is 0 Å². The van der Waals surface area contributed by atoms with E-state index >= 15 is 0 Å². The highest BCUT2D eigenvalue weighted by atomic mass is 16.2. The van der Waals surface area contributed by atoms with Gasteiger partial charge < -0.3 is 15.5 Å². The van der Waals surface area contributed by atoms with Crippen molar-refractivity contribution in [2.24, 2.45) is 10.9 Å². The first kappa shape index (κ1) is 21.4. The number of carbonyl (C=O) groups is 1. The third kappa shape index (κ3) is 6.64. The molecule has 3 rings (SSSR count). The zero-order chi connectivity index (χ0) is 19.6. The molecule has 0 bridgehead atoms. The van der Waals surface area contributed by atoms with E-state index in [4.69, 9.17) is 4.99 Å². The Labute approximate surface area is 171 Å². The van der Waals surface area contributed by atoms with Gasteiger partial charge in [-0.1, -0.05) is 19.3 Å². The van der Waals surface area contributed by atoms with Crippen molar-refractivity contribution in [2.45, 2.75) is 77.2 Å². The molecule has 1 amide bonds. The molecule has 0 radical (unpaired) electrons. The Bertz CT molecular complexity index is 503. The SMILES string of the molecule is CCNC(=NCC1CCCN1CC1CCCCC1)NCCCN1CCCC1=O. The van der Waals surface area contributed by atoms with E-state index in [-0.39, 0.29) is 0 Å². The molecular weight excluding hydrogens is 350 g/mol. The van der Waals surface area contributed by atoms with Crippen LogP contribution >= 0.6 is 0 Å². The molecule has 2 heterocycles. The summed E-state index contributed by atoms with van der Waals surface area (Å²) in [4.78, 5) is 21.3. The number of aliphatic imine (C=N–C) groups is 1. The van der Waals surface area contributed by atoms with Crippen LogP contribution in [0.1, 0.15) is 71.1 Å². The predicted octanol–water partition coefficient (Wildman–Crippen LogP) is 2.60. The molecule has 28 heavy (non-hydrogen) atoms. The van der Waals surface area contributed by atoms with Crippen LogP contribution in [0.15, 0.2) is 4.99 Å². The molecule has 160 valence electrons. The third-order valence-corrected chi connectivity index (χ3v) is 6.59. The first-order valence-electron chi connectivity index (χ1n) is 11.8. The maximum atomic E-state index is 11.7. The van der Waals surface area contributed by atoms with Gasteiger partial charge in [-0.15, -0.1) is 0 Å². The van der Waals surface area contributed by atoms with Gasteiger partial charge in [0.1, 0.15) is 0 Å². The fourth-order valence-electron chi connectivity index (χ4n) is 5.00. The third-order valence-electron chi connectivity index (χ3n) is 6.59. The maximum absolute atomic E-state index is 11.7. The van der Waals surface area contributed by atoms with Gasteiger partial charge in [-0.05, 0) is 57.9 Å². The van der Waals surface area contributed by atoms with E-state index in [2.05, 4.69) is 22.5 Å². The highest BCUT2D eigenvalue weighted by Crippen LogP contribution is 2.27. The first-order chi connectivity index (χ1) is 13.8. The molecule has 3 fully saturated rings. The maximum Gasteiger partial charge on any atom is 0.222 e. The summed E-state index contributed by atoms with van der Waals surface area (Å²) in [6, 6.07) is 0.611. The van der Waals surface area contributed by atoms with Gasteiger partial charge in [0, 0.05) is 45.2 Å². The lowest BCUT2D eigenvalue weighted by Crippen LogP contribution is -2.41. The van der Waals surface area contributed by atoms with Crippen molar-refractivity contribution in [1.29, 1.82) is 0 Å². The summed E-state index contributed by atoms with van der Waals surface area (Å²) in [7, 11) is 0. The van der Waals surface area contributed by atoms with Crippen molar-refractivity contribution in [1.82, 2.24) is 20.4 Å². The summed E-state index contributed by atoms with van der Waals surface area (Å²) in [6.45, 7) is 9.10. The Kier molecular flexibility index (Phi) is 8.90. The van der Waals surface area contributed by atoms with E-state index < -0.39 is 0 Å². The van der Waals surface area contributed by atoms with Crippen LogP contribution in [-0.4, -0.2) is 73.5 Å². The number of carbonyl (C=O) groups excluding carboxylic acids is 1. The van der Waals surface area contributed by atoms with Gasteiger partial charge in [-0.25, -0.2) is 0 Å². The van der Waals surface area contributed by atoms with Gasteiger partial charge in [0.15, 0.2) is 5.96 Å². The van der Waals surface area contributed by atoms with Crippen molar-refractivity contribution >= 4 is 11.9 Å². The zero-order valence-electron chi connectivity index (χ0n) is 17.9. The van der Waals surface area contributed by atoms with Crippen LogP contribution in [0.4, 0.5) is 0 Å². The minimum absolute atomic E-state index is 0.319. The molecule has 2 aliphatic heterocycles. The number of hydrogen-bond acceptors (Lipinski definition) is 3. The van der Waals surface area contributed by atoms with Crippen LogP contribution < -0.4 is 10.6 Å². The summed E-state index contributed by atoms with van der Waals surface area (Å²) in [5.41, 5.74) is 0. The fraction of sp³-hybridized carbons (Fsp3) is 0.909. The molecule has 3 aliphatic rings. The Morgan fingerprint density at radius 2 is 1.93 bits per heavy atom. The van der Waals surface area contributed by atoms with Gasteiger partial charge in [0.25, 0.3) is 0 Å². The lowest BCUT2D eigenvalue weighted by atomic mass is 9.89. The van der Waals surface area contributed by atoms with Crippen molar-refractivity contribution in [3.05, 3.63) is 0 Å². The number of rotatable bonds is 9. The average Bonchev–Trinajstić information content (AvgIpc) is 3.32. The summed E-state index contributed by atoms with van der Waals surface area (Å²) >= 11 is 0. The standard InChI is InChI=1S/C22H41N5O/c1-2-23-22(24-13-8-16-26-14-7-12-21(26)28)25-17-20-11-6-15-27(20)18-19-9-4-3-5-10-19/h19-20H,2-18H2,1H3,(H2,23,24,25). The number of nitrogens with one attached hydrogen (secondary N) is 2. The quantitative estimate of drug-likeness (QED) is 0.360. The first-order valence-corrected chi connectivity index (χ1v) is 11.8. The van der Waals surface area contributed by atoms with Crippen LogP contribution in [0.3, 0.4) is 0 Å². The molecule has 1 unspecified atom stereocenters.